The molecule has 3 nitrogen and oxygen atoms in total. The quantitative estimate of drug-likeness (QED) is 0.905. The lowest BCUT2D eigenvalue weighted by Gasteiger charge is -2.18. The maximum Gasteiger partial charge on any atom is 0.198 e. The number of methoxy groups -OCH3 is 2. The Hall–Kier alpha value is -1.00. The number of benzene rings is 1. The van der Waals surface area contributed by atoms with E-state index < -0.39 is 5.82 Å². The summed E-state index contributed by atoms with van der Waals surface area (Å²) in [6.45, 7) is 0.950. The van der Waals surface area contributed by atoms with Gasteiger partial charge < -0.3 is 14.8 Å². The molecule has 5 heteroatoms. The molecular weight excluding hydrogens is 245 g/mol. The van der Waals surface area contributed by atoms with E-state index >= 15 is 0 Å². The molecule has 1 atom stereocenters. The van der Waals surface area contributed by atoms with Crippen LogP contribution in [0.25, 0.3) is 0 Å². The van der Waals surface area contributed by atoms with Gasteiger partial charge in [0.25, 0.3) is 0 Å². The summed E-state index contributed by atoms with van der Waals surface area (Å²) in [6, 6.07) is 1.76. The first-order chi connectivity index (χ1) is 8.19. The van der Waals surface area contributed by atoms with Crippen molar-refractivity contribution in [3.8, 4) is 11.5 Å². The minimum Gasteiger partial charge on any atom is -0.492 e. The van der Waals surface area contributed by atoms with Crippen molar-refractivity contribution >= 4 is 11.6 Å². The van der Waals surface area contributed by atoms with Crippen molar-refractivity contribution < 1.29 is 13.9 Å². The summed E-state index contributed by atoms with van der Waals surface area (Å²) in [4.78, 5) is 0. The molecule has 1 heterocycles. The van der Waals surface area contributed by atoms with E-state index in [1.54, 1.807) is 6.07 Å². The van der Waals surface area contributed by atoms with E-state index in [-0.39, 0.29) is 16.8 Å². The molecule has 0 amide bonds. The zero-order valence-electron chi connectivity index (χ0n) is 9.85. The Morgan fingerprint density at radius 3 is 2.59 bits per heavy atom. The molecule has 1 saturated heterocycles. The number of rotatable bonds is 3. The first kappa shape index (κ1) is 12.5. The molecule has 1 aliphatic rings. The number of nitrogens with one attached hydrogen (secondary N) is 1. The predicted octanol–water partition coefficient (Wildman–Crippen LogP) is 2.92. The normalized spacial score (nSPS) is 19.4. The third kappa shape index (κ3) is 2.19. The van der Waals surface area contributed by atoms with Gasteiger partial charge in [0.15, 0.2) is 17.3 Å². The molecule has 0 radical (unpaired) electrons. The second-order valence-corrected chi connectivity index (χ2v) is 4.38. The summed E-state index contributed by atoms with van der Waals surface area (Å²) in [7, 11) is 2.91. The molecule has 2 rings (SSSR count). The van der Waals surface area contributed by atoms with E-state index in [1.807, 2.05) is 0 Å². The Balaban J connectivity index is 2.53. The van der Waals surface area contributed by atoms with Crippen molar-refractivity contribution in [1.29, 1.82) is 0 Å². The van der Waals surface area contributed by atoms with Crippen molar-refractivity contribution in [2.45, 2.75) is 18.9 Å². The summed E-state index contributed by atoms with van der Waals surface area (Å²) >= 11 is 5.87. The topological polar surface area (TPSA) is 30.5 Å². The van der Waals surface area contributed by atoms with Crippen LogP contribution in [-0.4, -0.2) is 20.8 Å². The molecule has 1 unspecified atom stereocenters. The standard InChI is InChI=1S/C12H15ClFNO2/c1-16-11-7(9-4-3-5-15-9)6-8(13)10(14)12(11)17-2/h6,9,15H,3-5H2,1-2H3. The first-order valence-electron chi connectivity index (χ1n) is 5.52. The molecular formula is C12H15ClFNO2. The summed E-state index contributed by atoms with van der Waals surface area (Å²) < 4.78 is 24.0. The van der Waals surface area contributed by atoms with Gasteiger partial charge in [0.05, 0.1) is 19.2 Å². The second-order valence-electron chi connectivity index (χ2n) is 3.98. The summed E-state index contributed by atoms with van der Waals surface area (Å²) in [5.41, 5.74) is 0.855. The van der Waals surface area contributed by atoms with Gasteiger partial charge >= 0.3 is 0 Å². The van der Waals surface area contributed by atoms with Crippen molar-refractivity contribution in [3.05, 3.63) is 22.5 Å². The molecule has 94 valence electrons. The Morgan fingerprint density at radius 2 is 2.06 bits per heavy atom. The van der Waals surface area contributed by atoms with Gasteiger partial charge in [-0.2, -0.15) is 0 Å². The molecule has 1 fully saturated rings. The van der Waals surface area contributed by atoms with E-state index in [9.17, 15) is 4.39 Å². The van der Waals surface area contributed by atoms with E-state index in [2.05, 4.69) is 5.32 Å². The van der Waals surface area contributed by atoms with E-state index in [4.69, 9.17) is 21.1 Å². The Kier molecular flexibility index (Phi) is 3.74. The highest BCUT2D eigenvalue weighted by Crippen LogP contribution is 2.42. The van der Waals surface area contributed by atoms with Gasteiger partial charge in [0, 0.05) is 11.6 Å². The van der Waals surface area contributed by atoms with Crippen LogP contribution in [0.4, 0.5) is 4.39 Å². The summed E-state index contributed by atoms with van der Waals surface area (Å²) in [5, 5.41) is 3.39. The van der Waals surface area contributed by atoms with Gasteiger partial charge in [-0.3, -0.25) is 0 Å². The third-order valence-electron chi connectivity index (χ3n) is 3.00. The molecule has 0 saturated carbocycles. The highest BCUT2D eigenvalue weighted by atomic mass is 35.5. The van der Waals surface area contributed by atoms with Crippen LogP contribution in [-0.2, 0) is 0 Å². The van der Waals surface area contributed by atoms with Gasteiger partial charge in [0.1, 0.15) is 0 Å². The number of hydrogen-bond donors (Lipinski definition) is 1. The van der Waals surface area contributed by atoms with Crippen LogP contribution in [0.5, 0.6) is 11.5 Å². The SMILES string of the molecule is COc1c(C2CCCN2)cc(Cl)c(F)c1OC. The monoisotopic (exact) mass is 259 g/mol. The molecule has 0 bridgehead atoms. The van der Waals surface area contributed by atoms with Crippen molar-refractivity contribution in [2.24, 2.45) is 0 Å². The zero-order chi connectivity index (χ0) is 12.4. The Bertz CT molecular complexity index is 419. The van der Waals surface area contributed by atoms with E-state index in [1.165, 1.54) is 14.2 Å². The predicted molar refractivity (Wildman–Crippen MR) is 64.5 cm³/mol. The van der Waals surface area contributed by atoms with Gasteiger partial charge in [0.2, 0.25) is 0 Å². The van der Waals surface area contributed by atoms with Crippen LogP contribution in [0.3, 0.4) is 0 Å². The van der Waals surface area contributed by atoms with Gasteiger partial charge in [-0.1, -0.05) is 11.6 Å². The Morgan fingerprint density at radius 1 is 1.35 bits per heavy atom. The lowest BCUT2D eigenvalue weighted by atomic mass is 10.0. The maximum atomic E-state index is 13.8. The maximum absolute atomic E-state index is 13.8. The van der Waals surface area contributed by atoms with Crippen molar-refractivity contribution in [2.75, 3.05) is 20.8 Å². The fourth-order valence-corrected chi connectivity index (χ4v) is 2.41. The van der Waals surface area contributed by atoms with Crippen molar-refractivity contribution in [1.82, 2.24) is 5.32 Å². The summed E-state index contributed by atoms with van der Waals surface area (Å²) in [6.07, 6.45) is 2.08. The Labute approximate surface area is 105 Å². The second kappa shape index (κ2) is 5.10. The molecule has 0 spiro atoms. The highest BCUT2D eigenvalue weighted by Gasteiger charge is 2.26. The smallest absolute Gasteiger partial charge is 0.198 e. The molecule has 1 aliphatic heterocycles. The largest absolute Gasteiger partial charge is 0.492 e. The zero-order valence-corrected chi connectivity index (χ0v) is 10.6. The van der Waals surface area contributed by atoms with Gasteiger partial charge in [-0.15, -0.1) is 0 Å². The van der Waals surface area contributed by atoms with Crippen LogP contribution in [0, 0.1) is 5.82 Å². The minimum absolute atomic E-state index is 0.0614. The highest BCUT2D eigenvalue weighted by molar-refractivity contribution is 6.31. The molecule has 1 aromatic carbocycles. The fourth-order valence-electron chi connectivity index (χ4n) is 2.21. The third-order valence-corrected chi connectivity index (χ3v) is 3.28. The van der Waals surface area contributed by atoms with E-state index in [0.29, 0.717) is 5.75 Å². The van der Waals surface area contributed by atoms with Crippen LogP contribution in [0.2, 0.25) is 5.02 Å². The molecule has 0 aromatic heterocycles. The van der Waals surface area contributed by atoms with Crippen molar-refractivity contribution in [3.63, 3.8) is 0 Å². The first-order valence-corrected chi connectivity index (χ1v) is 5.90. The van der Waals surface area contributed by atoms with Crippen LogP contribution in [0.15, 0.2) is 6.07 Å². The van der Waals surface area contributed by atoms with E-state index in [0.717, 1.165) is 24.9 Å². The number of ether oxygens (including phenoxy) is 2. The van der Waals surface area contributed by atoms with Crippen LogP contribution >= 0.6 is 11.6 Å². The lowest BCUT2D eigenvalue weighted by molar-refractivity contribution is 0.332. The fraction of sp³-hybridized carbons (Fsp3) is 0.500. The lowest BCUT2D eigenvalue weighted by Crippen LogP contribution is -2.14. The van der Waals surface area contributed by atoms with Crippen LogP contribution in [0.1, 0.15) is 24.4 Å². The molecule has 1 aromatic rings. The molecule has 17 heavy (non-hydrogen) atoms. The average molecular weight is 260 g/mol. The number of hydrogen-bond acceptors (Lipinski definition) is 3. The summed E-state index contributed by atoms with van der Waals surface area (Å²) in [5.74, 6) is -0.0785. The number of halogens is 2. The van der Waals surface area contributed by atoms with Crippen LogP contribution < -0.4 is 14.8 Å². The average Bonchev–Trinajstić information content (AvgIpc) is 2.85. The van der Waals surface area contributed by atoms with Gasteiger partial charge in [-0.25, -0.2) is 4.39 Å². The molecule has 1 N–H and O–H groups in total. The van der Waals surface area contributed by atoms with Gasteiger partial charge in [-0.05, 0) is 25.5 Å². The minimum atomic E-state index is -0.576. The molecule has 0 aliphatic carbocycles.